The van der Waals surface area contributed by atoms with E-state index in [1.807, 2.05) is 0 Å². The van der Waals surface area contributed by atoms with E-state index in [9.17, 15) is 22.4 Å². The lowest BCUT2D eigenvalue weighted by molar-refractivity contribution is -0.138. The van der Waals surface area contributed by atoms with Crippen molar-refractivity contribution < 1.29 is 26.8 Å². The summed E-state index contributed by atoms with van der Waals surface area (Å²) in [4.78, 5) is 26.5. The predicted molar refractivity (Wildman–Crippen MR) is 114 cm³/mol. The summed E-state index contributed by atoms with van der Waals surface area (Å²) in [5, 5.41) is 4.94. The minimum atomic E-state index is -4.46. The van der Waals surface area contributed by atoms with E-state index in [1.54, 1.807) is 6.07 Å². The molecule has 13 heteroatoms. The van der Waals surface area contributed by atoms with Crippen LogP contribution in [0.3, 0.4) is 0 Å². The zero-order valence-corrected chi connectivity index (χ0v) is 18.5. The number of hydrogen-bond acceptors (Lipinski definition) is 6. The van der Waals surface area contributed by atoms with Gasteiger partial charge < -0.3 is 20.0 Å². The third kappa shape index (κ3) is 5.22. The van der Waals surface area contributed by atoms with Gasteiger partial charge in [-0.05, 0) is 36.6 Å². The first kappa shape index (κ1) is 23.7. The van der Waals surface area contributed by atoms with Crippen molar-refractivity contribution in [2.24, 2.45) is 0 Å². The fraction of sp³-hybridized carbons (Fsp3) is 0.333. The minimum Gasteiger partial charge on any atom is -0.446 e. The molecular weight excluding hydrogens is 480 g/mol. The van der Waals surface area contributed by atoms with Crippen molar-refractivity contribution in [3.8, 4) is 0 Å². The van der Waals surface area contributed by atoms with Crippen LogP contribution in [0.4, 0.5) is 28.3 Å². The Balaban J connectivity index is 1.51. The number of halogens is 5. The number of carbonyl (C=O) groups excluding carboxylic acids is 1. The van der Waals surface area contributed by atoms with E-state index >= 15 is 0 Å². The SMILES string of the molecule is C[C@@H](Nc1ncc2c(n1)CN(C(=O)NC(c1ccc(Cl)c(F)c1)c1cnco1)CC2)C(F)(F)F. The zero-order chi connectivity index (χ0) is 24.5. The number of rotatable bonds is 5. The summed E-state index contributed by atoms with van der Waals surface area (Å²) in [6.45, 7) is 1.34. The van der Waals surface area contributed by atoms with E-state index in [0.29, 0.717) is 24.2 Å². The van der Waals surface area contributed by atoms with Gasteiger partial charge in [0.25, 0.3) is 0 Å². The summed E-state index contributed by atoms with van der Waals surface area (Å²) in [6.07, 6.45) is 0.000509. The zero-order valence-electron chi connectivity index (χ0n) is 17.7. The van der Waals surface area contributed by atoms with Crippen LogP contribution in [0.1, 0.15) is 35.5 Å². The van der Waals surface area contributed by atoms with Crippen LogP contribution in [-0.2, 0) is 13.0 Å². The molecule has 0 saturated heterocycles. The van der Waals surface area contributed by atoms with Gasteiger partial charge in [-0.2, -0.15) is 13.2 Å². The van der Waals surface area contributed by atoms with Gasteiger partial charge in [0.05, 0.1) is 23.5 Å². The fourth-order valence-electron chi connectivity index (χ4n) is 3.42. The van der Waals surface area contributed by atoms with Gasteiger partial charge in [-0.1, -0.05) is 17.7 Å². The molecule has 2 amide bonds. The molecule has 1 aliphatic rings. The largest absolute Gasteiger partial charge is 0.446 e. The van der Waals surface area contributed by atoms with Gasteiger partial charge in [0.1, 0.15) is 17.9 Å². The summed E-state index contributed by atoms with van der Waals surface area (Å²) in [5.74, 6) is -0.556. The Bertz CT molecular complexity index is 1170. The number of benzene rings is 1. The van der Waals surface area contributed by atoms with Crippen LogP contribution in [0, 0.1) is 5.82 Å². The molecule has 0 bridgehead atoms. The van der Waals surface area contributed by atoms with E-state index in [0.717, 1.165) is 12.5 Å². The third-order valence-electron chi connectivity index (χ3n) is 5.35. The second kappa shape index (κ2) is 9.45. The second-order valence-corrected chi connectivity index (χ2v) is 8.11. The number of fused-ring (bicyclic) bond motifs is 1. The van der Waals surface area contributed by atoms with Crippen molar-refractivity contribution in [1.82, 2.24) is 25.2 Å². The molecule has 0 aliphatic carbocycles. The number of urea groups is 1. The van der Waals surface area contributed by atoms with Crippen LogP contribution < -0.4 is 10.6 Å². The lowest BCUT2D eigenvalue weighted by Gasteiger charge is -2.30. The summed E-state index contributed by atoms with van der Waals surface area (Å²) in [7, 11) is 0. The number of aromatic nitrogens is 3. The van der Waals surface area contributed by atoms with Crippen LogP contribution >= 0.6 is 11.6 Å². The molecule has 1 aromatic carbocycles. The number of anilines is 1. The van der Waals surface area contributed by atoms with Crippen molar-refractivity contribution >= 4 is 23.6 Å². The number of alkyl halides is 3. The predicted octanol–water partition coefficient (Wildman–Crippen LogP) is 4.48. The maximum atomic E-state index is 14.0. The van der Waals surface area contributed by atoms with E-state index in [-0.39, 0.29) is 23.3 Å². The minimum absolute atomic E-state index is 0.0524. The Morgan fingerprint density at radius 1 is 1.29 bits per heavy atom. The Hall–Kier alpha value is -3.41. The molecule has 3 heterocycles. The van der Waals surface area contributed by atoms with E-state index in [4.69, 9.17) is 16.0 Å². The average molecular weight is 499 g/mol. The summed E-state index contributed by atoms with van der Waals surface area (Å²) in [6, 6.07) is 0.923. The first-order valence-electron chi connectivity index (χ1n) is 10.2. The Kier molecular flexibility index (Phi) is 6.60. The molecule has 2 atom stereocenters. The van der Waals surface area contributed by atoms with Crippen LogP contribution in [-0.4, -0.2) is 44.6 Å². The van der Waals surface area contributed by atoms with Crippen molar-refractivity contribution in [3.05, 3.63) is 70.4 Å². The Labute approximate surface area is 196 Å². The maximum Gasteiger partial charge on any atom is 0.408 e. The second-order valence-electron chi connectivity index (χ2n) is 7.70. The highest BCUT2D eigenvalue weighted by molar-refractivity contribution is 6.30. The molecule has 8 nitrogen and oxygen atoms in total. The highest BCUT2D eigenvalue weighted by Crippen LogP contribution is 2.27. The molecule has 0 radical (unpaired) electrons. The van der Waals surface area contributed by atoms with Crippen molar-refractivity contribution in [2.75, 3.05) is 11.9 Å². The van der Waals surface area contributed by atoms with E-state index in [1.165, 1.54) is 35.8 Å². The first-order chi connectivity index (χ1) is 16.1. The van der Waals surface area contributed by atoms with Gasteiger partial charge in [-0.3, -0.25) is 0 Å². The maximum absolute atomic E-state index is 14.0. The number of carbonyl (C=O) groups is 1. The average Bonchev–Trinajstić information content (AvgIpc) is 3.32. The molecule has 0 saturated carbocycles. The molecule has 4 rings (SSSR count). The van der Waals surface area contributed by atoms with Gasteiger partial charge >= 0.3 is 12.2 Å². The summed E-state index contributed by atoms with van der Waals surface area (Å²) < 4.78 is 57.9. The third-order valence-corrected chi connectivity index (χ3v) is 5.66. The quantitative estimate of drug-likeness (QED) is 0.504. The number of oxazole rings is 1. The smallest absolute Gasteiger partial charge is 0.408 e. The van der Waals surface area contributed by atoms with Crippen molar-refractivity contribution in [1.29, 1.82) is 0 Å². The van der Waals surface area contributed by atoms with Gasteiger partial charge in [0, 0.05) is 12.7 Å². The topological polar surface area (TPSA) is 96.2 Å². The lowest BCUT2D eigenvalue weighted by Crippen LogP contribution is -2.44. The van der Waals surface area contributed by atoms with Crippen LogP contribution in [0.2, 0.25) is 5.02 Å². The normalized spacial score (nSPS) is 15.4. The standard InChI is InChI=1S/C21H19ClF4N6O2/c1-11(21(24,25)26)29-19-28-7-13-4-5-32(9-16(13)30-19)20(33)31-18(17-8-27-10-34-17)12-2-3-14(22)15(23)6-12/h2-3,6-8,10-11,18H,4-5,9H2,1H3,(H,31,33)(H,28,29,30)/t11-,18?/m1/s1. The summed E-state index contributed by atoms with van der Waals surface area (Å²) >= 11 is 5.77. The molecule has 2 aromatic heterocycles. The van der Waals surface area contributed by atoms with Crippen LogP contribution in [0.25, 0.3) is 0 Å². The van der Waals surface area contributed by atoms with Crippen molar-refractivity contribution in [3.63, 3.8) is 0 Å². The number of hydrogen-bond donors (Lipinski definition) is 2. The fourth-order valence-corrected chi connectivity index (χ4v) is 3.53. The van der Waals surface area contributed by atoms with Gasteiger partial charge in [0.15, 0.2) is 12.2 Å². The molecule has 0 spiro atoms. The Morgan fingerprint density at radius 2 is 2.09 bits per heavy atom. The first-order valence-corrected chi connectivity index (χ1v) is 10.6. The van der Waals surface area contributed by atoms with Gasteiger partial charge in [-0.25, -0.2) is 24.1 Å². The molecular formula is C21H19ClF4N6O2. The molecule has 0 fully saturated rings. The lowest BCUT2D eigenvalue weighted by atomic mass is 10.0. The molecule has 1 aliphatic heterocycles. The molecule has 3 aromatic rings. The van der Waals surface area contributed by atoms with Crippen LogP contribution in [0.5, 0.6) is 0 Å². The van der Waals surface area contributed by atoms with Crippen LogP contribution in [0.15, 0.2) is 41.4 Å². The highest BCUT2D eigenvalue weighted by atomic mass is 35.5. The molecule has 34 heavy (non-hydrogen) atoms. The number of nitrogens with one attached hydrogen (secondary N) is 2. The number of nitrogens with zero attached hydrogens (tertiary/aromatic N) is 4. The monoisotopic (exact) mass is 498 g/mol. The molecule has 2 N–H and O–H groups in total. The molecule has 1 unspecified atom stereocenters. The van der Waals surface area contributed by atoms with E-state index < -0.39 is 30.1 Å². The van der Waals surface area contributed by atoms with Gasteiger partial charge in [-0.15, -0.1) is 0 Å². The summed E-state index contributed by atoms with van der Waals surface area (Å²) in [5.41, 5.74) is 1.56. The van der Waals surface area contributed by atoms with E-state index in [2.05, 4.69) is 25.6 Å². The van der Waals surface area contributed by atoms with Gasteiger partial charge in [0.2, 0.25) is 5.95 Å². The number of amides is 2. The highest BCUT2D eigenvalue weighted by Gasteiger charge is 2.36. The Morgan fingerprint density at radius 3 is 2.76 bits per heavy atom. The van der Waals surface area contributed by atoms with Crippen molar-refractivity contribution in [2.45, 2.75) is 38.1 Å². The molecule has 180 valence electrons.